The molecule has 0 aliphatic rings. The Labute approximate surface area is 344 Å². The zero-order valence-corrected chi connectivity index (χ0v) is 37.7. The zero-order valence-electron chi connectivity index (χ0n) is 36.8. The van der Waals surface area contributed by atoms with E-state index in [1.54, 1.807) is 0 Å². The highest BCUT2D eigenvalue weighted by molar-refractivity contribution is 7.45. The minimum atomic E-state index is -4.63. The molecule has 0 aromatic rings. The molecule has 56 heavy (non-hydrogen) atoms. The van der Waals surface area contributed by atoms with Gasteiger partial charge in [0.05, 0.1) is 27.7 Å². The van der Waals surface area contributed by atoms with Crippen LogP contribution < -0.4 is 4.89 Å². The smallest absolute Gasteiger partial charge is 0.306 e. The van der Waals surface area contributed by atoms with Gasteiger partial charge in [0.2, 0.25) is 0 Å². The maximum absolute atomic E-state index is 12.7. The molecule has 0 amide bonds. The van der Waals surface area contributed by atoms with Crippen molar-refractivity contribution in [2.24, 2.45) is 0 Å². The van der Waals surface area contributed by atoms with E-state index >= 15 is 0 Å². The van der Waals surface area contributed by atoms with Crippen LogP contribution in [0.2, 0.25) is 0 Å². The van der Waals surface area contributed by atoms with Crippen LogP contribution >= 0.6 is 7.82 Å². The molecule has 10 heteroatoms. The third-order valence-corrected chi connectivity index (χ3v) is 10.6. The van der Waals surface area contributed by atoms with E-state index in [4.69, 9.17) is 18.5 Å². The first-order chi connectivity index (χ1) is 27.0. The third kappa shape index (κ3) is 41.9. The fourth-order valence-electron chi connectivity index (χ4n) is 6.03. The van der Waals surface area contributed by atoms with Gasteiger partial charge in [0.1, 0.15) is 19.8 Å². The molecule has 328 valence electrons. The van der Waals surface area contributed by atoms with E-state index in [0.29, 0.717) is 17.4 Å². The first kappa shape index (κ1) is 54.2. The number of nitrogens with zero attached hydrogens (tertiary/aromatic N) is 1. The van der Waals surface area contributed by atoms with Gasteiger partial charge >= 0.3 is 11.9 Å². The van der Waals surface area contributed by atoms with E-state index < -0.39 is 32.5 Å². The average Bonchev–Trinajstić information content (AvgIpc) is 3.15. The van der Waals surface area contributed by atoms with E-state index in [9.17, 15) is 19.0 Å². The molecule has 9 nitrogen and oxygen atoms in total. The number of phosphoric acid groups is 1. The maximum Gasteiger partial charge on any atom is 0.306 e. The molecule has 0 rings (SSSR count). The largest absolute Gasteiger partial charge is 0.756 e. The maximum atomic E-state index is 12.7. The lowest BCUT2D eigenvalue weighted by atomic mass is 10.1. The highest BCUT2D eigenvalue weighted by atomic mass is 31.2. The highest BCUT2D eigenvalue weighted by Crippen LogP contribution is 2.38. The highest BCUT2D eigenvalue weighted by Gasteiger charge is 2.21. The van der Waals surface area contributed by atoms with Gasteiger partial charge in [-0.1, -0.05) is 147 Å². The number of hydrogen-bond acceptors (Lipinski definition) is 8. The number of likely N-dealkylation sites (N-methyl/N-ethyl adjacent to an activating group) is 1. The van der Waals surface area contributed by atoms with Crippen LogP contribution in [0.25, 0.3) is 0 Å². The summed E-state index contributed by atoms with van der Waals surface area (Å²) in [6, 6.07) is 0. The number of carbonyl (C=O) groups is 2. The van der Waals surface area contributed by atoms with E-state index in [0.717, 1.165) is 57.8 Å². The summed E-state index contributed by atoms with van der Waals surface area (Å²) in [5, 5.41) is 0. The Hall–Kier alpha value is -1.77. The minimum Gasteiger partial charge on any atom is -0.756 e. The first-order valence-electron chi connectivity index (χ1n) is 22.7. The molecular weight excluding hydrogens is 725 g/mol. The predicted octanol–water partition coefficient (Wildman–Crippen LogP) is 12.3. The molecule has 0 aliphatic heterocycles. The number of hydrogen-bond donors (Lipinski definition) is 0. The van der Waals surface area contributed by atoms with Gasteiger partial charge < -0.3 is 27.9 Å². The molecular formula is C46H86NO8P. The van der Waals surface area contributed by atoms with Crippen molar-refractivity contribution in [3.8, 4) is 0 Å². The normalized spacial score (nSPS) is 13.9. The van der Waals surface area contributed by atoms with Crippen LogP contribution in [-0.2, 0) is 32.7 Å². The van der Waals surface area contributed by atoms with Crippen molar-refractivity contribution in [2.75, 3.05) is 47.5 Å². The van der Waals surface area contributed by atoms with Crippen molar-refractivity contribution in [3.05, 3.63) is 36.5 Å². The van der Waals surface area contributed by atoms with Gasteiger partial charge in [0.25, 0.3) is 7.82 Å². The van der Waals surface area contributed by atoms with Crippen LogP contribution in [0.1, 0.15) is 194 Å². The average molecular weight is 812 g/mol. The summed E-state index contributed by atoms with van der Waals surface area (Å²) < 4.78 is 33.9. The van der Waals surface area contributed by atoms with Gasteiger partial charge in [-0.3, -0.25) is 14.2 Å². The van der Waals surface area contributed by atoms with Gasteiger partial charge in [-0.25, -0.2) is 0 Å². The number of unbranched alkanes of at least 4 members (excludes halogenated alkanes) is 21. The van der Waals surface area contributed by atoms with E-state index in [1.165, 1.54) is 103 Å². The molecule has 0 aromatic heterocycles. The van der Waals surface area contributed by atoms with Gasteiger partial charge in [0, 0.05) is 12.8 Å². The molecule has 0 fully saturated rings. The van der Waals surface area contributed by atoms with E-state index in [2.05, 4.69) is 50.3 Å². The molecule has 0 saturated carbocycles. The second kappa shape index (κ2) is 38.7. The second-order valence-corrected chi connectivity index (χ2v) is 17.8. The first-order valence-corrected chi connectivity index (χ1v) is 24.2. The molecule has 0 aromatic carbocycles. The fourth-order valence-corrected chi connectivity index (χ4v) is 6.76. The van der Waals surface area contributed by atoms with Crippen LogP contribution in [0.15, 0.2) is 36.5 Å². The van der Waals surface area contributed by atoms with Crippen molar-refractivity contribution in [2.45, 2.75) is 200 Å². The van der Waals surface area contributed by atoms with Crippen LogP contribution in [0.5, 0.6) is 0 Å². The number of ether oxygens (including phenoxy) is 2. The van der Waals surface area contributed by atoms with Crippen molar-refractivity contribution in [3.63, 3.8) is 0 Å². The van der Waals surface area contributed by atoms with Gasteiger partial charge in [0.15, 0.2) is 6.10 Å². The summed E-state index contributed by atoms with van der Waals surface area (Å²) in [6.07, 6.45) is 43.1. The molecule has 0 spiro atoms. The summed E-state index contributed by atoms with van der Waals surface area (Å²) in [7, 11) is 1.14. The van der Waals surface area contributed by atoms with Crippen LogP contribution in [0, 0.1) is 0 Å². The second-order valence-electron chi connectivity index (χ2n) is 16.4. The summed E-state index contributed by atoms with van der Waals surface area (Å²) in [5.74, 6) is -0.875. The predicted molar refractivity (Wildman–Crippen MR) is 231 cm³/mol. The van der Waals surface area contributed by atoms with E-state index in [-0.39, 0.29) is 26.1 Å². The number of carbonyl (C=O) groups excluding carboxylic acids is 2. The molecule has 0 heterocycles. The number of esters is 2. The monoisotopic (exact) mass is 812 g/mol. The molecule has 0 radical (unpaired) electrons. The Morgan fingerprint density at radius 1 is 0.554 bits per heavy atom. The van der Waals surface area contributed by atoms with Gasteiger partial charge in [-0.15, -0.1) is 0 Å². The van der Waals surface area contributed by atoms with Crippen LogP contribution in [0.3, 0.4) is 0 Å². The zero-order chi connectivity index (χ0) is 41.4. The summed E-state index contributed by atoms with van der Waals surface area (Å²) >= 11 is 0. The quantitative estimate of drug-likeness (QED) is 0.0197. The fraction of sp³-hybridized carbons (Fsp3) is 0.826. The summed E-state index contributed by atoms with van der Waals surface area (Å²) in [6.45, 7) is 4.18. The lowest BCUT2D eigenvalue weighted by Gasteiger charge is -2.28. The van der Waals surface area contributed by atoms with Gasteiger partial charge in [-0.2, -0.15) is 0 Å². The number of allylic oxidation sites excluding steroid dienone is 6. The standard InChI is InChI=1S/C46H86NO8P/c1-6-8-10-12-14-16-18-20-22-23-25-26-28-30-32-34-36-38-45(48)52-42-44(43-54-56(50,51)53-41-40-47(3,4)5)55-46(49)39-37-35-33-31-29-27-24-21-19-17-15-13-11-9-7-2/h20-22,24,29,31,44H,6-19,23,25-28,30,32-43H2,1-5H3/b22-20+,24-21+,31-29+/t44-/m1/s1. The van der Waals surface area contributed by atoms with Crippen LogP contribution in [0.4, 0.5) is 0 Å². The number of phosphoric ester groups is 1. The van der Waals surface area contributed by atoms with Crippen molar-refractivity contribution >= 4 is 19.8 Å². The third-order valence-electron chi connectivity index (χ3n) is 9.63. The number of quaternary nitrogens is 1. The molecule has 0 N–H and O–H groups in total. The molecule has 0 aliphatic carbocycles. The van der Waals surface area contributed by atoms with Crippen molar-refractivity contribution < 1.29 is 42.1 Å². The summed E-state index contributed by atoms with van der Waals surface area (Å²) in [4.78, 5) is 37.5. The van der Waals surface area contributed by atoms with Crippen molar-refractivity contribution in [1.82, 2.24) is 0 Å². The Morgan fingerprint density at radius 2 is 0.964 bits per heavy atom. The van der Waals surface area contributed by atoms with Crippen LogP contribution in [-0.4, -0.2) is 70.0 Å². The Kier molecular flexibility index (Phi) is 37.5. The number of rotatable bonds is 41. The van der Waals surface area contributed by atoms with Crippen molar-refractivity contribution in [1.29, 1.82) is 0 Å². The Morgan fingerprint density at radius 3 is 1.46 bits per heavy atom. The molecule has 0 bridgehead atoms. The molecule has 2 atom stereocenters. The van der Waals surface area contributed by atoms with Gasteiger partial charge in [-0.05, 0) is 70.6 Å². The molecule has 1 unspecified atom stereocenters. The van der Waals surface area contributed by atoms with E-state index in [1.807, 2.05) is 21.1 Å². The SMILES string of the molecule is CCCCCCCC/C=C/C/C=C/CCCCC(=O)O[C@H](COC(=O)CCCCCCCCC/C=C/CCCCCCCC)COP(=O)([O-])OCC[N+](C)(C)C. The lowest BCUT2D eigenvalue weighted by molar-refractivity contribution is -0.870. The topological polar surface area (TPSA) is 111 Å². The lowest BCUT2D eigenvalue weighted by Crippen LogP contribution is -2.37. The minimum absolute atomic E-state index is 0.0374. The Balaban J connectivity index is 4.39. The Bertz CT molecular complexity index is 1050. The molecule has 0 saturated heterocycles. The summed E-state index contributed by atoms with van der Waals surface area (Å²) in [5.41, 5.74) is 0.